The van der Waals surface area contributed by atoms with Gasteiger partial charge in [0.25, 0.3) is 5.91 Å². The number of carbonyl (C=O) groups excluding carboxylic acids is 2. The zero-order valence-corrected chi connectivity index (χ0v) is 18.2. The zero-order valence-electron chi connectivity index (χ0n) is 17.3. The Morgan fingerprint density at radius 2 is 1.89 bits per heavy atom. The van der Waals surface area contributed by atoms with Crippen LogP contribution in [-0.2, 0) is 23.0 Å². The lowest BCUT2D eigenvalue weighted by Crippen LogP contribution is -2.17. The lowest BCUT2D eigenvalue weighted by Gasteiger charge is -2.19. The standard InChI is InChI=1S/C23H29NO3S/c1-6-27-22(26)19-17-12-7-14(2)13-18(17)28-21(19)24-20(25)15-8-10-16(11-9-15)23(3,4)5/h8-11,14H,6-7,12-13H2,1-5H3,(H,24,25)/t14-/m0/s1. The number of carbonyl (C=O) groups is 2. The molecular weight excluding hydrogens is 370 g/mol. The molecule has 1 heterocycles. The lowest BCUT2D eigenvalue weighted by molar-refractivity contribution is 0.0526. The first kappa shape index (κ1) is 20.6. The first-order chi connectivity index (χ1) is 13.2. The summed E-state index contributed by atoms with van der Waals surface area (Å²) in [6.07, 6.45) is 2.86. The molecule has 1 atom stereocenters. The first-order valence-corrected chi connectivity index (χ1v) is 10.8. The van der Waals surface area contributed by atoms with Crippen LogP contribution in [0, 0.1) is 5.92 Å². The van der Waals surface area contributed by atoms with Crippen LogP contribution in [0.15, 0.2) is 24.3 Å². The largest absolute Gasteiger partial charge is 0.462 e. The van der Waals surface area contributed by atoms with Gasteiger partial charge in [-0.1, -0.05) is 39.8 Å². The number of nitrogens with one attached hydrogen (secondary N) is 1. The number of ether oxygens (including phenoxy) is 1. The number of hydrogen-bond acceptors (Lipinski definition) is 4. The summed E-state index contributed by atoms with van der Waals surface area (Å²) >= 11 is 1.52. The maximum atomic E-state index is 12.8. The van der Waals surface area contributed by atoms with Crippen LogP contribution in [-0.4, -0.2) is 18.5 Å². The Morgan fingerprint density at radius 3 is 2.50 bits per heavy atom. The second-order valence-corrected chi connectivity index (χ2v) is 9.66. The molecule has 0 aliphatic heterocycles. The SMILES string of the molecule is CCOC(=O)c1c(NC(=O)c2ccc(C(C)(C)C)cc2)sc2c1CC[C@H](C)C2. The van der Waals surface area contributed by atoms with Crippen LogP contribution >= 0.6 is 11.3 Å². The minimum atomic E-state index is -0.340. The molecule has 1 aliphatic rings. The third kappa shape index (κ3) is 4.30. The van der Waals surface area contributed by atoms with Crippen molar-refractivity contribution in [3.8, 4) is 0 Å². The van der Waals surface area contributed by atoms with Crippen molar-refractivity contribution in [1.82, 2.24) is 0 Å². The molecule has 1 aliphatic carbocycles. The predicted octanol–water partition coefficient (Wildman–Crippen LogP) is 5.60. The Labute approximate surface area is 171 Å². The average molecular weight is 400 g/mol. The van der Waals surface area contributed by atoms with Crippen molar-refractivity contribution in [2.75, 3.05) is 11.9 Å². The number of esters is 1. The number of hydrogen-bond donors (Lipinski definition) is 1. The van der Waals surface area contributed by atoms with E-state index in [1.54, 1.807) is 6.92 Å². The highest BCUT2D eigenvalue weighted by atomic mass is 32.1. The molecular formula is C23H29NO3S. The van der Waals surface area contributed by atoms with E-state index >= 15 is 0 Å². The fourth-order valence-electron chi connectivity index (χ4n) is 3.55. The van der Waals surface area contributed by atoms with Crippen molar-refractivity contribution in [2.45, 2.75) is 59.3 Å². The Bertz CT molecular complexity index is 874. The minimum Gasteiger partial charge on any atom is -0.462 e. The molecule has 28 heavy (non-hydrogen) atoms. The first-order valence-electron chi connectivity index (χ1n) is 9.94. The van der Waals surface area contributed by atoms with Crippen molar-refractivity contribution < 1.29 is 14.3 Å². The van der Waals surface area contributed by atoms with Crippen molar-refractivity contribution in [1.29, 1.82) is 0 Å². The van der Waals surface area contributed by atoms with Gasteiger partial charge in [0, 0.05) is 10.4 Å². The van der Waals surface area contributed by atoms with Gasteiger partial charge in [-0.15, -0.1) is 11.3 Å². The molecule has 150 valence electrons. The van der Waals surface area contributed by atoms with Gasteiger partial charge in [-0.3, -0.25) is 4.79 Å². The Kier molecular flexibility index (Phi) is 5.94. The van der Waals surface area contributed by atoms with Crippen LogP contribution in [0.3, 0.4) is 0 Å². The average Bonchev–Trinajstić information content (AvgIpc) is 2.98. The van der Waals surface area contributed by atoms with E-state index in [9.17, 15) is 9.59 Å². The van der Waals surface area contributed by atoms with Gasteiger partial charge in [0.05, 0.1) is 12.2 Å². The highest BCUT2D eigenvalue weighted by Crippen LogP contribution is 2.40. The molecule has 1 amide bonds. The Morgan fingerprint density at radius 1 is 1.21 bits per heavy atom. The van der Waals surface area contributed by atoms with Gasteiger partial charge in [-0.25, -0.2) is 4.79 Å². The smallest absolute Gasteiger partial charge is 0.341 e. The molecule has 0 radical (unpaired) electrons. The van der Waals surface area contributed by atoms with E-state index in [1.807, 2.05) is 24.3 Å². The van der Waals surface area contributed by atoms with Crippen molar-refractivity contribution in [3.05, 3.63) is 51.4 Å². The molecule has 0 saturated carbocycles. The summed E-state index contributed by atoms with van der Waals surface area (Å²) in [7, 11) is 0. The number of rotatable bonds is 4. The summed E-state index contributed by atoms with van der Waals surface area (Å²) in [5.41, 5.74) is 3.41. The fourth-order valence-corrected chi connectivity index (χ4v) is 4.95. The monoisotopic (exact) mass is 399 g/mol. The second-order valence-electron chi connectivity index (χ2n) is 8.56. The topological polar surface area (TPSA) is 55.4 Å². The maximum absolute atomic E-state index is 12.8. The van der Waals surface area contributed by atoms with Crippen molar-refractivity contribution >= 4 is 28.2 Å². The Balaban J connectivity index is 1.89. The quantitative estimate of drug-likeness (QED) is 0.681. The molecule has 0 spiro atoms. The highest BCUT2D eigenvalue weighted by molar-refractivity contribution is 7.17. The van der Waals surface area contributed by atoms with Crippen LogP contribution in [0.25, 0.3) is 0 Å². The van der Waals surface area contributed by atoms with E-state index in [0.29, 0.717) is 28.7 Å². The molecule has 3 rings (SSSR count). The molecule has 2 aromatic rings. The van der Waals surface area contributed by atoms with Gasteiger partial charge in [0.15, 0.2) is 0 Å². The van der Waals surface area contributed by atoms with Crippen molar-refractivity contribution in [3.63, 3.8) is 0 Å². The van der Waals surface area contributed by atoms with Crippen LogP contribution in [0.2, 0.25) is 0 Å². The molecule has 1 aromatic carbocycles. The summed E-state index contributed by atoms with van der Waals surface area (Å²) in [6.45, 7) is 10.8. The molecule has 0 fully saturated rings. The van der Waals surface area contributed by atoms with E-state index in [-0.39, 0.29) is 17.3 Å². The third-order valence-electron chi connectivity index (χ3n) is 5.23. The summed E-state index contributed by atoms with van der Waals surface area (Å²) < 4.78 is 5.28. The summed E-state index contributed by atoms with van der Waals surface area (Å²) in [5.74, 6) is 0.0558. The van der Waals surface area contributed by atoms with E-state index in [2.05, 4.69) is 33.0 Å². The van der Waals surface area contributed by atoms with Crippen LogP contribution < -0.4 is 5.32 Å². The number of anilines is 1. The fraction of sp³-hybridized carbons (Fsp3) is 0.478. The highest BCUT2D eigenvalue weighted by Gasteiger charge is 2.29. The molecule has 0 unspecified atom stereocenters. The number of benzene rings is 1. The van der Waals surface area contributed by atoms with Crippen LogP contribution in [0.5, 0.6) is 0 Å². The molecule has 0 bridgehead atoms. The minimum absolute atomic E-state index is 0.0373. The van der Waals surface area contributed by atoms with Crippen LogP contribution in [0.1, 0.15) is 77.8 Å². The number of amides is 1. The second kappa shape index (κ2) is 8.08. The number of fused-ring (bicyclic) bond motifs is 1. The lowest BCUT2D eigenvalue weighted by atomic mass is 9.86. The Hall–Kier alpha value is -2.14. The predicted molar refractivity (Wildman–Crippen MR) is 115 cm³/mol. The van der Waals surface area contributed by atoms with E-state index in [0.717, 1.165) is 24.8 Å². The van der Waals surface area contributed by atoms with E-state index in [1.165, 1.54) is 21.8 Å². The summed E-state index contributed by atoms with van der Waals surface area (Å²) in [4.78, 5) is 26.6. The van der Waals surface area contributed by atoms with Crippen molar-refractivity contribution in [2.24, 2.45) is 5.92 Å². The van der Waals surface area contributed by atoms with Crippen LogP contribution in [0.4, 0.5) is 5.00 Å². The van der Waals surface area contributed by atoms with E-state index < -0.39 is 0 Å². The molecule has 4 nitrogen and oxygen atoms in total. The zero-order chi connectivity index (χ0) is 20.5. The van der Waals surface area contributed by atoms with Gasteiger partial charge in [0.2, 0.25) is 0 Å². The van der Waals surface area contributed by atoms with Gasteiger partial charge in [-0.05, 0) is 60.8 Å². The van der Waals surface area contributed by atoms with E-state index in [4.69, 9.17) is 4.74 Å². The molecule has 1 aromatic heterocycles. The van der Waals surface area contributed by atoms with Gasteiger partial charge in [0.1, 0.15) is 5.00 Å². The van der Waals surface area contributed by atoms with Gasteiger partial charge < -0.3 is 10.1 Å². The number of thiophene rings is 1. The normalized spacial score (nSPS) is 16.4. The molecule has 1 N–H and O–H groups in total. The molecule has 0 saturated heterocycles. The maximum Gasteiger partial charge on any atom is 0.341 e. The third-order valence-corrected chi connectivity index (χ3v) is 6.40. The van der Waals surface area contributed by atoms with Gasteiger partial charge in [-0.2, -0.15) is 0 Å². The summed E-state index contributed by atoms with van der Waals surface area (Å²) in [6, 6.07) is 7.66. The molecule has 5 heteroatoms. The van der Waals surface area contributed by atoms with Gasteiger partial charge >= 0.3 is 5.97 Å². The summed E-state index contributed by atoms with van der Waals surface area (Å²) in [5, 5.41) is 3.59.